The van der Waals surface area contributed by atoms with E-state index >= 15 is 4.39 Å². The van der Waals surface area contributed by atoms with Crippen LogP contribution in [0.2, 0.25) is 0 Å². The van der Waals surface area contributed by atoms with E-state index in [9.17, 15) is 14.3 Å². The molecule has 0 unspecified atom stereocenters. The fraction of sp³-hybridized carbons (Fsp3) is 0.385. The van der Waals surface area contributed by atoms with Crippen LogP contribution < -0.4 is 5.73 Å². The van der Waals surface area contributed by atoms with Gasteiger partial charge in [-0.15, -0.1) is 0 Å². The maximum atomic E-state index is 15.2. The first kappa shape index (κ1) is 25.3. The third-order valence-corrected chi connectivity index (χ3v) is 8.54. The van der Waals surface area contributed by atoms with Gasteiger partial charge in [0.1, 0.15) is 22.5 Å². The van der Waals surface area contributed by atoms with Crippen molar-refractivity contribution >= 4 is 34.7 Å². The summed E-state index contributed by atoms with van der Waals surface area (Å²) < 4.78 is 34.6. The number of pyridine rings is 1. The number of halogens is 2. The van der Waals surface area contributed by atoms with Crippen LogP contribution in [0.4, 0.5) is 8.78 Å². The van der Waals surface area contributed by atoms with Crippen molar-refractivity contribution in [2.24, 2.45) is 16.6 Å². The molecule has 1 aliphatic carbocycles. The van der Waals surface area contributed by atoms with Gasteiger partial charge in [-0.1, -0.05) is 17.8 Å². The van der Waals surface area contributed by atoms with Crippen molar-refractivity contribution < 1.29 is 23.4 Å². The zero-order valence-corrected chi connectivity index (χ0v) is 20.8. The molecule has 11 heteroatoms. The van der Waals surface area contributed by atoms with Crippen molar-refractivity contribution in [3.63, 3.8) is 0 Å². The Morgan fingerprint density at radius 3 is 2.95 bits per heavy atom. The quantitative estimate of drug-likeness (QED) is 0.615. The van der Waals surface area contributed by atoms with E-state index in [0.717, 1.165) is 0 Å². The number of carbonyl (C=O) groups is 1. The summed E-state index contributed by atoms with van der Waals surface area (Å²) in [6, 6.07) is 8.55. The van der Waals surface area contributed by atoms with Gasteiger partial charge in [0, 0.05) is 24.2 Å². The van der Waals surface area contributed by atoms with Crippen LogP contribution in [0.1, 0.15) is 35.7 Å². The molecule has 0 bridgehead atoms. The van der Waals surface area contributed by atoms with E-state index < -0.39 is 28.0 Å². The zero-order chi connectivity index (χ0) is 26.4. The lowest BCUT2D eigenvalue weighted by atomic mass is 9.84. The lowest BCUT2D eigenvalue weighted by Crippen LogP contribution is -2.55. The Labute approximate surface area is 216 Å². The molecular weight excluding hydrogens is 500 g/mol. The highest BCUT2D eigenvalue weighted by Gasteiger charge is 2.71. The second kappa shape index (κ2) is 9.52. The van der Waals surface area contributed by atoms with Crippen molar-refractivity contribution in [1.29, 1.82) is 5.26 Å². The monoisotopic (exact) mass is 525 g/mol. The summed E-state index contributed by atoms with van der Waals surface area (Å²) >= 11 is 1.18. The molecule has 2 aliphatic heterocycles. The number of amides is 1. The molecule has 1 saturated carbocycles. The average Bonchev–Trinajstić information content (AvgIpc) is 3.66. The second-order valence-electron chi connectivity index (χ2n) is 9.53. The Morgan fingerprint density at radius 1 is 1.43 bits per heavy atom. The average molecular weight is 526 g/mol. The molecule has 192 valence electrons. The first-order chi connectivity index (χ1) is 17.7. The highest BCUT2D eigenvalue weighted by molar-refractivity contribution is 8.15. The minimum absolute atomic E-state index is 0.0446. The molecule has 1 saturated heterocycles. The van der Waals surface area contributed by atoms with E-state index in [1.54, 1.807) is 11.8 Å². The van der Waals surface area contributed by atoms with Gasteiger partial charge in [0.2, 0.25) is 5.91 Å². The molecule has 1 amide bonds. The number of morpholine rings is 1. The third-order valence-electron chi connectivity index (χ3n) is 7.25. The summed E-state index contributed by atoms with van der Waals surface area (Å²) in [7, 11) is 0. The minimum atomic E-state index is -1.15. The van der Waals surface area contributed by atoms with Gasteiger partial charge in [-0.2, -0.15) is 5.26 Å². The van der Waals surface area contributed by atoms with E-state index in [0.29, 0.717) is 30.7 Å². The van der Waals surface area contributed by atoms with Gasteiger partial charge in [0.25, 0.3) is 0 Å². The molecule has 3 N–H and O–H groups in total. The lowest BCUT2D eigenvalue weighted by molar-refractivity contribution is -0.142. The summed E-state index contributed by atoms with van der Waals surface area (Å²) in [5.41, 5.74) is 6.00. The van der Waals surface area contributed by atoms with Crippen LogP contribution >= 0.6 is 11.8 Å². The number of nitriles is 1. The number of nitrogens with zero attached hydrogens (tertiary/aromatic N) is 4. The molecule has 3 heterocycles. The maximum Gasteiger partial charge on any atom is 0.240 e. The Bertz CT molecular complexity index is 1340. The molecule has 1 aromatic heterocycles. The highest BCUT2D eigenvalue weighted by Crippen LogP contribution is 2.66. The van der Waals surface area contributed by atoms with E-state index in [1.807, 2.05) is 6.07 Å². The summed E-state index contributed by atoms with van der Waals surface area (Å²) in [6.45, 7) is 2.49. The first-order valence-corrected chi connectivity index (χ1v) is 12.6. The number of aromatic nitrogens is 1. The number of rotatable bonds is 5. The van der Waals surface area contributed by atoms with Crippen LogP contribution in [0.25, 0.3) is 11.9 Å². The Kier molecular flexibility index (Phi) is 6.52. The predicted octanol–water partition coefficient (Wildman–Crippen LogP) is 2.82. The van der Waals surface area contributed by atoms with E-state index in [4.69, 9.17) is 15.7 Å². The third kappa shape index (κ3) is 4.39. The number of thioether (sulfide) groups is 1. The standard InChI is InChI=1S/C26H25F2N5O3S/c1-25(18-8-15(2-4-19(18)27)9-20(28)21-5-3-16(11-29)12-31-21)22-10-26(22,37-24(30)32-25)23(35)33-6-7-36-14-17(33)13-34/h2-5,8-9,12,17,22,34H,6-7,10,13-14H2,1H3,(H2,30,32)/b20-9-/t17-,22-,25+,26-/m0/s1. The molecule has 37 heavy (non-hydrogen) atoms. The van der Waals surface area contributed by atoms with Crippen molar-refractivity contribution in [3.05, 3.63) is 64.7 Å². The molecule has 2 aromatic rings. The van der Waals surface area contributed by atoms with Crippen molar-refractivity contribution in [2.45, 2.75) is 29.7 Å². The zero-order valence-electron chi connectivity index (χ0n) is 20.0. The lowest BCUT2D eigenvalue weighted by Gasteiger charge is -2.39. The largest absolute Gasteiger partial charge is 0.394 e. The van der Waals surface area contributed by atoms with Crippen LogP contribution in [0, 0.1) is 23.1 Å². The molecule has 0 radical (unpaired) electrons. The van der Waals surface area contributed by atoms with E-state index in [-0.39, 0.29) is 41.5 Å². The first-order valence-electron chi connectivity index (χ1n) is 11.8. The number of aliphatic hydroxyl groups excluding tert-OH is 1. The van der Waals surface area contributed by atoms with Gasteiger partial charge in [-0.3, -0.25) is 14.8 Å². The maximum absolute atomic E-state index is 15.2. The van der Waals surface area contributed by atoms with Gasteiger partial charge in [0.05, 0.1) is 42.7 Å². The van der Waals surface area contributed by atoms with Crippen LogP contribution in [-0.4, -0.2) is 63.2 Å². The highest BCUT2D eigenvalue weighted by atomic mass is 32.2. The Balaban J connectivity index is 1.47. The molecule has 2 fully saturated rings. The van der Waals surface area contributed by atoms with Gasteiger partial charge >= 0.3 is 0 Å². The molecule has 1 aromatic carbocycles. The number of ether oxygens (including phenoxy) is 1. The van der Waals surface area contributed by atoms with Crippen LogP contribution in [0.5, 0.6) is 0 Å². The number of nitrogens with two attached hydrogens (primary N) is 1. The smallest absolute Gasteiger partial charge is 0.240 e. The van der Waals surface area contributed by atoms with E-state index in [2.05, 4.69) is 9.98 Å². The normalized spacial score (nSPS) is 29.2. The van der Waals surface area contributed by atoms with Crippen LogP contribution in [0.15, 0.2) is 41.5 Å². The number of amidine groups is 1. The fourth-order valence-corrected chi connectivity index (χ4v) is 6.65. The van der Waals surface area contributed by atoms with Crippen LogP contribution in [-0.2, 0) is 15.1 Å². The molecule has 5 rings (SSSR count). The fourth-order valence-electron chi connectivity index (χ4n) is 5.21. The number of hydrogen-bond donors (Lipinski definition) is 2. The minimum Gasteiger partial charge on any atom is -0.394 e. The van der Waals surface area contributed by atoms with Crippen molar-refractivity contribution in [2.75, 3.05) is 26.4 Å². The number of fused-ring (bicyclic) bond motifs is 1. The molecule has 8 nitrogen and oxygen atoms in total. The van der Waals surface area contributed by atoms with Gasteiger partial charge in [-0.25, -0.2) is 8.78 Å². The topological polar surface area (TPSA) is 125 Å². The summed E-state index contributed by atoms with van der Waals surface area (Å²) in [4.78, 5) is 23.9. The Morgan fingerprint density at radius 2 is 2.24 bits per heavy atom. The van der Waals surface area contributed by atoms with Gasteiger partial charge in [-0.05, 0) is 49.2 Å². The predicted molar refractivity (Wildman–Crippen MR) is 135 cm³/mol. The number of aliphatic imine (C=N–C) groups is 1. The van der Waals surface area contributed by atoms with Crippen molar-refractivity contribution in [3.8, 4) is 6.07 Å². The number of benzene rings is 1. The molecule has 4 atom stereocenters. The molecular formula is C26H25F2N5O3S. The summed E-state index contributed by atoms with van der Waals surface area (Å²) in [6.07, 6.45) is 2.95. The summed E-state index contributed by atoms with van der Waals surface area (Å²) in [5, 5.41) is 18.8. The molecule has 0 spiro atoms. The number of aliphatic hydroxyl groups is 1. The van der Waals surface area contributed by atoms with Gasteiger partial charge in [0.15, 0.2) is 5.17 Å². The number of carbonyl (C=O) groups excluding carboxylic acids is 1. The van der Waals surface area contributed by atoms with E-state index in [1.165, 1.54) is 54.4 Å². The molecule has 3 aliphatic rings. The summed E-state index contributed by atoms with van der Waals surface area (Å²) in [5.74, 6) is -1.69. The SMILES string of the molecule is C[C@]1(c2cc(/C=C(\F)c3ccc(C#N)cn3)ccc2F)N=C(N)S[C@@]2(C(=O)N3CCOC[C@@H]3CO)C[C@H]21. The Hall–Kier alpha value is -3.33. The van der Waals surface area contributed by atoms with Crippen molar-refractivity contribution in [1.82, 2.24) is 9.88 Å². The van der Waals surface area contributed by atoms with Crippen LogP contribution in [0.3, 0.4) is 0 Å². The number of hydrogen-bond acceptors (Lipinski definition) is 8. The van der Waals surface area contributed by atoms with Gasteiger partial charge < -0.3 is 20.5 Å². The second-order valence-corrected chi connectivity index (χ2v) is 10.9.